The van der Waals surface area contributed by atoms with Gasteiger partial charge >= 0.3 is 6.61 Å². The van der Waals surface area contributed by atoms with E-state index >= 15 is 0 Å². The SMILES string of the molecule is C[C@H](C(=O)Nc1ccc(OC(F)F)c(Cl)c1)N1CCC(C(=O)N2CCOCC2)CC1. The molecule has 2 amide bonds. The molecule has 1 atom stereocenters. The van der Waals surface area contributed by atoms with Crippen molar-refractivity contribution in [2.45, 2.75) is 32.4 Å². The van der Waals surface area contributed by atoms with E-state index in [1.807, 2.05) is 9.80 Å². The third kappa shape index (κ3) is 5.80. The van der Waals surface area contributed by atoms with Crippen LogP contribution in [-0.2, 0) is 14.3 Å². The summed E-state index contributed by atoms with van der Waals surface area (Å²) >= 11 is 5.93. The average Bonchev–Trinajstić information content (AvgIpc) is 2.75. The molecule has 3 rings (SSSR count). The van der Waals surface area contributed by atoms with Crippen molar-refractivity contribution in [3.63, 3.8) is 0 Å². The van der Waals surface area contributed by atoms with Crippen molar-refractivity contribution in [2.75, 3.05) is 44.7 Å². The molecule has 1 aromatic carbocycles. The summed E-state index contributed by atoms with van der Waals surface area (Å²) in [4.78, 5) is 29.1. The van der Waals surface area contributed by atoms with Gasteiger partial charge in [-0.25, -0.2) is 0 Å². The maximum atomic E-state index is 12.6. The van der Waals surface area contributed by atoms with Crippen molar-refractivity contribution in [3.05, 3.63) is 23.2 Å². The Kier molecular flexibility index (Phi) is 7.85. The van der Waals surface area contributed by atoms with Crippen molar-refractivity contribution in [3.8, 4) is 5.75 Å². The molecule has 2 aliphatic rings. The largest absolute Gasteiger partial charge is 0.433 e. The van der Waals surface area contributed by atoms with Gasteiger partial charge in [-0.05, 0) is 51.1 Å². The second kappa shape index (κ2) is 10.4. The van der Waals surface area contributed by atoms with E-state index in [4.69, 9.17) is 16.3 Å². The van der Waals surface area contributed by atoms with Gasteiger partial charge in [0.25, 0.3) is 0 Å². The quantitative estimate of drug-likeness (QED) is 0.729. The lowest BCUT2D eigenvalue weighted by molar-refractivity contribution is -0.141. The van der Waals surface area contributed by atoms with Crippen molar-refractivity contribution < 1.29 is 27.8 Å². The Hall–Kier alpha value is -1.97. The fourth-order valence-electron chi connectivity index (χ4n) is 3.76. The Morgan fingerprint density at radius 1 is 1.20 bits per heavy atom. The van der Waals surface area contributed by atoms with Gasteiger partial charge in [-0.3, -0.25) is 14.5 Å². The Bertz CT molecular complexity index is 754. The Labute approximate surface area is 179 Å². The van der Waals surface area contributed by atoms with Gasteiger partial charge in [0.2, 0.25) is 11.8 Å². The summed E-state index contributed by atoms with van der Waals surface area (Å²) in [6.07, 6.45) is 1.42. The smallest absolute Gasteiger partial charge is 0.387 e. The Morgan fingerprint density at radius 3 is 2.47 bits per heavy atom. The highest BCUT2D eigenvalue weighted by atomic mass is 35.5. The van der Waals surface area contributed by atoms with Crippen molar-refractivity contribution in [1.29, 1.82) is 0 Å². The summed E-state index contributed by atoms with van der Waals surface area (Å²) < 4.78 is 34.2. The predicted octanol–water partition coefficient (Wildman–Crippen LogP) is 2.84. The van der Waals surface area contributed by atoms with Crippen molar-refractivity contribution in [1.82, 2.24) is 9.80 Å². The van der Waals surface area contributed by atoms with E-state index in [2.05, 4.69) is 10.1 Å². The molecule has 0 aromatic heterocycles. The minimum absolute atomic E-state index is 0.0109. The van der Waals surface area contributed by atoms with Crippen molar-refractivity contribution in [2.24, 2.45) is 5.92 Å². The fraction of sp³-hybridized carbons (Fsp3) is 0.600. The lowest BCUT2D eigenvalue weighted by atomic mass is 9.94. The number of piperidine rings is 1. The van der Waals surface area contributed by atoms with Crippen molar-refractivity contribution >= 4 is 29.1 Å². The molecule has 1 aromatic rings. The van der Waals surface area contributed by atoms with Crippen LogP contribution in [0.15, 0.2) is 18.2 Å². The highest BCUT2D eigenvalue weighted by Crippen LogP contribution is 2.29. The first-order valence-electron chi connectivity index (χ1n) is 10.0. The summed E-state index contributed by atoms with van der Waals surface area (Å²) in [5, 5.41) is 2.74. The van der Waals surface area contributed by atoms with Crippen LogP contribution in [0.5, 0.6) is 5.75 Å². The third-order valence-corrected chi connectivity index (χ3v) is 5.84. The number of hydrogen-bond acceptors (Lipinski definition) is 5. The van der Waals surface area contributed by atoms with Crippen LogP contribution in [0.4, 0.5) is 14.5 Å². The number of ether oxygens (including phenoxy) is 2. The van der Waals surface area contributed by atoms with E-state index in [-0.39, 0.29) is 28.5 Å². The Morgan fingerprint density at radius 2 is 1.87 bits per heavy atom. The molecule has 1 N–H and O–H groups in total. The number of anilines is 1. The molecule has 166 valence electrons. The molecule has 30 heavy (non-hydrogen) atoms. The molecular formula is C20H26ClF2N3O4. The number of hydrogen-bond donors (Lipinski definition) is 1. The molecule has 0 aliphatic carbocycles. The minimum atomic E-state index is -2.97. The van der Waals surface area contributed by atoms with Gasteiger partial charge in [0.05, 0.1) is 24.3 Å². The van der Waals surface area contributed by atoms with Gasteiger partial charge in [0.15, 0.2) is 0 Å². The molecule has 10 heteroatoms. The maximum absolute atomic E-state index is 12.6. The molecule has 2 aliphatic heterocycles. The zero-order valence-electron chi connectivity index (χ0n) is 16.8. The molecule has 0 saturated carbocycles. The zero-order chi connectivity index (χ0) is 21.7. The number of amides is 2. The lowest BCUT2D eigenvalue weighted by Gasteiger charge is -2.37. The van der Waals surface area contributed by atoms with Crippen LogP contribution in [0.1, 0.15) is 19.8 Å². The lowest BCUT2D eigenvalue weighted by Crippen LogP contribution is -2.50. The molecule has 0 bridgehead atoms. The number of halogens is 3. The summed E-state index contributed by atoms with van der Waals surface area (Å²) in [7, 11) is 0. The molecule has 0 radical (unpaired) electrons. The molecule has 0 unspecified atom stereocenters. The standard InChI is InChI=1S/C20H26ClF2N3O4/c1-13(18(27)24-15-2-3-17(16(21)12-15)30-20(22)23)25-6-4-14(5-7-25)19(28)26-8-10-29-11-9-26/h2-3,12-14,20H,4-11H2,1H3,(H,24,27)/t13-/m1/s1. The number of rotatable bonds is 6. The third-order valence-electron chi connectivity index (χ3n) is 5.54. The number of nitrogens with one attached hydrogen (secondary N) is 1. The van der Waals surface area contributed by atoms with E-state index in [0.29, 0.717) is 57.9 Å². The number of carbonyl (C=O) groups is 2. The number of nitrogens with zero attached hydrogens (tertiary/aromatic N) is 2. The molecule has 2 saturated heterocycles. The first-order chi connectivity index (χ1) is 14.3. The maximum Gasteiger partial charge on any atom is 0.387 e. The predicted molar refractivity (Wildman–Crippen MR) is 108 cm³/mol. The zero-order valence-corrected chi connectivity index (χ0v) is 17.5. The first kappa shape index (κ1) is 22.7. The molecular weight excluding hydrogens is 420 g/mol. The highest BCUT2D eigenvalue weighted by Gasteiger charge is 2.32. The van der Waals surface area contributed by atoms with Gasteiger partial charge in [-0.15, -0.1) is 0 Å². The summed E-state index contributed by atoms with van der Waals surface area (Å²) in [6.45, 7) is 2.58. The van der Waals surface area contributed by atoms with Gasteiger partial charge in [0.1, 0.15) is 5.75 Å². The van der Waals surface area contributed by atoms with Crippen LogP contribution in [-0.4, -0.2) is 73.7 Å². The van der Waals surface area contributed by atoms with E-state index in [1.165, 1.54) is 18.2 Å². The van der Waals surface area contributed by atoms with Crippen LogP contribution in [0.3, 0.4) is 0 Å². The van der Waals surface area contributed by atoms with Crippen LogP contribution in [0.2, 0.25) is 5.02 Å². The topological polar surface area (TPSA) is 71.1 Å². The van der Waals surface area contributed by atoms with Crippen LogP contribution < -0.4 is 10.1 Å². The monoisotopic (exact) mass is 445 g/mol. The second-order valence-electron chi connectivity index (χ2n) is 7.44. The number of carbonyl (C=O) groups excluding carboxylic acids is 2. The molecule has 2 heterocycles. The van der Waals surface area contributed by atoms with Gasteiger partial charge in [-0.2, -0.15) is 8.78 Å². The van der Waals surface area contributed by atoms with Gasteiger partial charge < -0.3 is 19.7 Å². The normalized spacial score (nSPS) is 19.6. The molecule has 0 spiro atoms. The summed E-state index contributed by atoms with van der Waals surface area (Å²) in [5.41, 5.74) is 0.399. The number of benzene rings is 1. The van der Waals surface area contributed by atoms with Crippen LogP contribution in [0.25, 0.3) is 0 Å². The van der Waals surface area contributed by atoms with E-state index in [1.54, 1.807) is 6.92 Å². The van der Waals surface area contributed by atoms with Crippen LogP contribution >= 0.6 is 11.6 Å². The van der Waals surface area contributed by atoms with E-state index in [0.717, 1.165) is 0 Å². The average molecular weight is 446 g/mol. The first-order valence-corrected chi connectivity index (χ1v) is 10.4. The summed E-state index contributed by atoms with van der Waals surface area (Å²) in [6, 6.07) is 3.72. The number of likely N-dealkylation sites (tertiary alicyclic amines) is 1. The Balaban J connectivity index is 1.49. The summed E-state index contributed by atoms with van der Waals surface area (Å²) in [5.74, 6) is -0.220. The van der Waals surface area contributed by atoms with E-state index in [9.17, 15) is 18.4 Å². The number of alkyl halides is 2. The van der Waals surface area contributed by atoms with Gasteiger partial charge in [-0.1, -0.05) is 11.6 Å². The molecule has 2 fully saturated rings. The second-order valence-corrected chi connectivity index (χ2v) is 7.84. The minimum Gasteiger partial charge on any atom is -0.433 e. The van der Waals surface area contributed by atoms with E-state index < -0.39 is 12.7 Å². The fourth-order valence-corrected chi connectivity index (χ4v) is 3.98. The highest BCUT2D eigenvalue weighted by molar-refractivity contribution is 6.32. The molecule has 7 nitrogen and oxygen atoms in total. The number of morpholine rings is 1. The van der Waals surface area contributed by atoms with Gasteiger partial charge in [0, 0.05) is 24.7 Å². The van der Waals surface area contributed by atoms with Crippen LogP contribution in [0, 0.1) is 5.92 Å².